The van der Waals surface area contributed by atoms with Crippen molar-refractivity contribution in [2.75, 3.05) is 64.0 Å². The van der Waals surface area contributed by atoms with Crippen molar-refractivity contribution in [1.29, 1.82) is 0 Å². The Morgan fingerprint density at radius 1 is 1.17 bits per heavy atom. The van der Waals surface area contributed by atoms with Gasteiger partial charge < -0.3 is 15.1 Å². The highest BCUT2D eigenvalue weighted by molar-refractivity contribution is 5.57. The zero-order chi connectivity index (χ0) is 15.6. The lowest BCUT2D eigenvalue weighted by molar-refractivity contribution is 0.0373. The van der Waals surface area contributed by atoms with E-state index in [2.05, 4.69) is 45.4 Å². The van der Waals surface area contributed by atoms with E-state index < -0.39 is 0 Å². The minimum atomic E-state index is 0.802. The molecule has 2 saturated heterocycles. The molecule has 0 atom stereocenters. The number of nitrogens with zero attached hydrogens (tertiary/aromatic N) is 3. The van der Waals surface area contributed by atoms with Crippen molar-refractivity contribution in [3.8, 4) is 0 Å². The molecule has 0 aliphatic carbocycles. The highest BCUT2D eigenvalue weighted by Gasteiger charge is 2.31. The van der Waals surface area contributed by atoms with E-state index in [1.165, 1.54) is 36.4 Å². The van der Waals surface area contributed by atoms with Crippen LogP contribution in [-0.4, -0.2) is 68.9 Å². The molecule has 0 saturated carbocycles. The van der Waals surface area contributed by atoms with Crippen LogP contribution in [0.15, 0.2) is 18.2 Å². The molecule has 0 amide bonds. The lowest BCUT2D eigenvalue weighted by atomic mass is 10.0. The topological polar surface area (TPSA) is 31.0 Å². The molecule has 4 rings (SSSR count). The van der Waals surface area contributed by atoms with E-state index in [1.807, 2.05) is 0 Å². The molecule has 1 N–H and O–H groups in total. The van der Waals surface area contributed by atoms with E-state index in [0.717, 1.165) is 51.9 Å². The zero-order valence-corrected chi connectivity index (χ0v) is 14.1. The number of benzene rings is 1. The van der Waals surface area contributed by atoms with E-state index in [4.69, 9.17) is 4.74 Å². The standard InChI is InChI=1S/C18H28N4O/c1-15-2-3-17-14-21(13-16-11-19-12-16)22(18(17)10-15)5-4-20-6-8-23-9-7-20/h2-3,10,16,19H,4-9,11-14H2,1H3. The van der Waals surface area contributed by atoms with Gasteiger partial charge in [0.2, 0.25) is 0 Å². The Labute approximate surface area is 139 Å². The summed E-state index contributed by atoms with van der Waals surface area (Å²) in [5.74, 6) is 0.802. The molecular formula is C18H28N4O. The van der Waals surface area contributed by atoms with E-state index in [0.29, 0.717) is 0 Å². The van der Waals surface area contributed by atoms with Crippen molar-refractivity contribution in [3.05, 3.63) is 29.3 Å². The van der Waals surface area contributed by atoms with Gasteiger partial charge in [0.15, 0.2) is 0 Å². The van der Waals surface area contributed by atoms with Crippen molar-refractivity contribution in [2.45, 2.75) is 13.5 Å². The summed E-state index contributed by atoms with van der Waals surface area (Å²) in [6.07, 6.45) is 0. The number of hydrogen-bond donors (Lipinski definition) is 1. The Balaban J connectivity index is 1.45. The summed E-state index contributed by atoms with van der Waals surface area (Å²) in [7, 11) is 0. The van der Waals surface area contributed by atoms with Crippen molar-refractivity contribution in [2.24, 2.45) is 5.92 Å². The van der Waals surface area contributed by atoms with Crippen LogP contribution in [-0.2, 0) is 11.3 Å². The second-order valence-electron chi connectivity index (χ2n) is 7.08. The van der Waals surface area contributed by atoms with Gasteiger partial charge in [0.1, 0.15) is 0 Å². The van der Waals surface area contributed by atoms with Crippen LogP contribution in [0.3, 0.4) is 0 Å². The van der Waals surface area contributed by atoms with Crippen LogP contribution in [0.5, 0.6) is 0 Å². The largest absolute Gasteiger partial charge is 0.379 e. The van der Waals surface area contributed by atoms with Crippen molar-refractivity contribution in [1.82, 2.24) is 15.2 Å². The molecule has 3 heterocycles. The number of hydrogen-bond acceptors (Lipinski definition) is 5. The van der Waals surface area contributed by atoms with Gasteiger partial charge in [-0.1, -0.05) is 12.1 Å². The molecule has 3 aliphatic heterocycles. The first-order valence-electron chi connectivity index (χ1n) is 8.92. The van der Waals surface area contributed by atoms with Gasteiger partial charge in [0, 0.05) is 52.4 Å². The van der Waals surface area contributed by atoms with E-state index in [1.54, 1.807) is 0 Å². The van der Waals surface area contributed by atoms with E-state index in [9.17, 15) is 0 Å². The fraction of sp³-hybridized carbons (Fsp3) is 0.667. The van der Waals surface area contributed by atoms with Crippen LogP contribution in [0.1, 0.15) is 11.1 Å². The van der Waals surface area contributed by atoms with Gasteiger partial charge in [-0.05, 0) is 30.0 Å². The molecule has 5 heteroatoms. The highest BCUT2D eigenvalue weighted by Crippen LogP contribution is 2.32. The Morgan fingerprint density at radius 3 is 2.74 bits per heavy atom. The summed E-state index contributed by atoms with van der Waals surface area (Å²) in [4.78, 5) is 2.53. The molecule has 0 aromatic heterocycles. The average molecular weight is 316 g/mol. The molecule has 0 radical (unpaired) electrons. The van der Waals surface area contributed by atoms with E-state index in [-0.39, 0.29) is 0 Å². The normalized spacial score (nSPS) is 23.1. The predicted molar refractivity (Wildman–Crippen MR) is 92.6 cm³/mol. The number of fused-ring (bicyclic) bond motifs is 1. The fourth-order valence-electron chi connectivity index (χ4n) is 3.74. The number of morpholine rings is 1. The third-order valence-electron chi connectivity index (χ3n) is 5.28. The van der Waals surface area contributed by atoms with Gasteiger partial charge in [0.05, 0.1) is 18.9 Å². The average Bonchev–Trinajstić information content (AvgIpc) is 2.87. The first-order valence-corrected chi connectivity index (χ1v) is 8.92. The number of anilines is 1. The Hall–Kier alpha value is -1.14. The smallest absolute Gasteiger partial charge is 0.0594 e. The molecule has 2 fully saturated rings. The summed E-state index contributed by atoms with van der Waals surface area (Å²) in [5.41, 5.74) is 4.25. The molecule has 3 aliphatic rings. The fourth-order valence-corrected chi connectivity index (χ4v) is 3.74. The first-order chi connectivity index (χ1) is 11.3. The summed E-state index contributed by atoms with van der Waals surface area (Å²) >= 11 is 0. The van der Waals surface area contributed by atoms with Crippen LogP contribution >= 0.6 is 0 Å². The van der Waals surface area contributed by atoms with Gasteiger partial charge in [-0.2, -0.15) is 0 Å². The van der Waals surface area contributed by atoms with Crippen LogP contribution < -0.4 is 10.3 Å². The molecule has 23 heavy (non-hydrogen) atoms. The summed E-state index contributed by atoms with van der Waals surface area (Å²) in [6, 6.07) is 6.91. The lowest BCUT2D eigenvalue weighted by Crippen LogP contribution is -2.52. The van der Waals surface area contributed by atoms with Gasteiger partial charge >= 0.3 is 0 Å². The molecule has 1 aromatic rings. The molecule has 0 unspecified atom stereocenters. The number of ether oxygens (including phenoxy) is 1. The van der Waals surface area contributed by atoms with Crippen molar-refractivity contribution >= 4 is 5.69 Å². The summed E-state index contributed by atoms with van der Waals surface area (Å²) in [5, 5.41) is 8.50. The van der Waals surface area contributed by atoms with Crippen LogP contribution in [0, 0.1) is 12.8 Å². The SMILES string of the molecule is Cc1ccc2c(c1)N(CCN1CCOCC1)N(CC1CNC1)C2. The van der Waals surface area contributed by atoms with Gasteiger partial charge in [-0.15, -0.1) is 0 Å². The molecule has 1 aromatic carbocycles. The maximum atomic E-state index is 5.47. The predicted octanol–water partition coefficient (Wildman–Crippen LogP) is 1.08. The number of rotatable bonds is 5. The number of hydrazine groups is 1. The summed E-state index contributed by atoms with van der Waals surface area (Å²) < 4.78 is 5.47. The Bertz CT molecular complexity index is 540. The quantitative estimate of drug-likeness (QED) is 0.879. The monoisotopic (exact) mass is 316 g/mol. The highest BCUT2D eigenvalue weighted by atomic mass is 16.5. The lowest BCUT2D eigenvalue weighted by Gasteiger charge is -2.38. The molecule has 126 valence electrons. The maximum absolute atomic E-state index is 5.47. The van der Waals surface area contributed by atoms with Crippen molar-refractivity contribution < 1.29 is 4.74 Å². The van der Waals surface area contributed by atoms with Crippen LogP contribution in [0.25, 0.3) is 0 Å². The third-order valence-corrected chi connectivity index (χ3v) is 5.28. The summed E-state index contributed by atoms with van der Waals surface area (Å²) in [6.45, 7) is 12.9. The molecule has 0 bridgehead atoms. The van der Waals surface area contributed by atoms with Crippen molar-refractivity contribution in [3.63, 3.8) is 0 Å². The van der Waals surface area contributed by atoms with Crippen LogP contribution in [0.4, 0.5) is 5.69 Å². The molecule has 0 spiro atoms. The van der Waals surface area contributed by atoms with E-state index >= 15 is 0 Å². The Morgan fingerprint density at radius 2 is 2.00 bits per heavy atom. The molecular weight excluding hydrogens is 288 g/mol. The first kappa shape index (κ1) is 15.4. The zero-order valence-electron chi connectivity index (χ0n) is 14.1. The maximum Gasteiger partial charge on any atom is 0.0594 e. The minimum absolute atomic E-state index is 0.802. The third kappa shape index (κ3) is 3.38. The second-order valence-corrected chi connectivity index (χ2v) is 7.08. The number of aryl methyl sites for hydroxylation is 1. The van der Waals surface area contributed by atoms with Gasteiger partial charge in [-0.25, -0.2) is 5.01 Å². The number of nitrogens with one attached hydrogen (secondary N) is 1. The van der Waals surface area contributed by atoms with Crippen LogP contribution in [0.2, 0.25) is 0 Å². The second kappa shape index (κ2) is 6.77. The molecule has 5 nitrogen and oxygen atoms in total. The van der Waals surface area contributed by atoms with Gasteiger partial charge in [-0.3, -0.25) is 4.90 Å². The minimum Gasteiger partial charge on any atom is -0.379 e. The Kier molecular flexibility index (Phi) is 4.53. The van der Waals surface area contributed by atoms with Gasteiger partial charge in [0.25, 0.3) is 0 Å².